The fraction of sp³-hybridized carbons (Fsp3) is 0.538. The van der Waals surface area contributed by atoms with Crippen molar-refractivity contribution in [2.45, 2.75) is 26.7 Å². The van der Waals surface area contributed by atoms with Crippen molar-refractivity contribution in [1.29, 1.82) is 0 Å². The Morgan fingerprint density at radius 1 is 1.40 bits per heavy atom. The van der Waals surface area contributed by atoms with Gasteiger partial charge in [0.15, 0.2) is 0 Å². The van der Waals surface area contributed by atoms with Gasteiger partial charge in [-0.3, -0.25) is 0 Å². The second kappa shape index (κ2) is 4.13. The molecule has 2 heteroatoms. The molecule has 0 unspecified atom stereocenters. The molecule has 82 valence electrons. The third-order valence-corrected chi connectivity index (χ3v) is 3.25. The summed E-state index contributed by atoms with van der Waals surface area (Å²) in [5.41, 5.74) is 9.37. The van der Waals surface area contributed by atoms with Gasteiger partial charge in [0.05, 0.1) is 0 Å². The largest absolute Gasteiger partial charge is 0.398 e. The van der Waals surface area contributed by atoms with Gasteiger partial charge in [0.2, 0.25) is 0 Å². The lowest BCUT2D eigenvalue weighted by atomic mass is 10.1. The van der Waals surface area contributed by atoms with E-state index in [-0.39, 0.29) is 0 Å². The summed E-state index contributed by atoms with van der Waals surface area (Å²) in [5, 5.41) is 0. The average Bonchev–Trinajstić information content (AvgIpc) is 3.03. The SMILES string of the molecule is CCN(CC1CC1)c1cccc(N)c1C. The van der Waals surface area contributed by atoms with E-state index < -0.39 is 0 Å². The van der Waals surface area contributed by atoms with Gasteiger partial charge in [-0.15, -0.1) is 0 Å². The first-order valence-corrected chi connectivity index (χ1v) is 5.82. The second-order valence-electron chi connectivity index (χ2n) is 4.47. The van der Waals surface area contributed by atoms with Crippen molar-refractivity contribution in [2.24, 2.45) is 5.92 Å². The van der Waals surface area contributed by atoms with Crippen molar-refractivity contribution < 1.29 is 0 Å². The lowest BCUT2D eigenvalue weighted by Gasteiger charge is -2.25. The molecule has 1 aliphatic rings. The Morgan fingerprint density at radius 3 is 2.73 bits per heavy atom. The van der Waals surface area contributed by atoms with Gasteiger partial charge < -0.3 is 10.6 Å². The number of nitrogens with two attached hydrogens (primary N) is 1. The molecular weight excluding hydrogens is 184 g/mol. The van der Waals surface area contributed by atoms with Crippen LogP contribution in [-0.4, -0.2) is 13.1 Å². The summed E-state index contributed by atoms with van der Waals surface area (Å²) in [5.74, 6) is 0.922. The Morgan fingerprint density at radius 2 is 2.13 bits per heavy atom. The topological polar surface area (TPSA) is 29.3 Å². The first-order chi connectivity index (χ1) is 7.22. The summed E-state index contributed by atoms with van der Waals surface area (Å²) in [6.07, 6.45) is 2.80. The van der Waals surface area contributed by atoms with Gasteiger partial charge in [0, 0.05) is 24.5 Å². The quantitative estimate of drug-likeness (QED) is 0.764. The highest BCUT2D eigenvalue weighted by atomic mass is 15.1. The van der Waals surface area contributed by atoms with E-state index in [1.807, 2.05) is 12.1 Å². The van der Waals surface area contributed by atoms with Crippen LogP contribution in [0.2, 0.25) is 0 Å². The van der Waals surface area contributed by atoms with Crippen molar-refractivity contribution in [3.8, 4) is 0 Å². The maximum Gasteiger partial charge on any atom is 0.0416 e. The molecule has 0 radical (unpaired) electrons. The van der Waals surface area contributed by atoms with Crippen molar-refractivity contribution in [2.75, 3.05) is 23.7 Å². The summed E-state index contributed by atoms with van der Waals surface area (Å²) in [7, 11) is 0. The molecule has 1 saturated carbocycles. The lowest BCUT2D eigenvalue weighted by Crippen LogP contribution is -2.26. The molecule has 0 saturated heterocycles. The molecule has 0 bridgehead atoms. The summed E-state index contributed by atoms with van der Waals surface area (Å²) in [6, 6.07) is 6.20. The molecule has 0 aromatic heterocycles. The Bertz CT molecular complexity index is 342. The highest BCUT2D eigenvalue weighted by Gasteiger charge is 2.24. The van der Waals surface area contributed by atoms with Gasteiger partial charge in [-0.05, 0) is 50.3 Å². The minimum Gasteiger partial charge on any atom is -0.398 e. The summed E-state index contributed by atoms with van der Waals surface area (Å²) in [4.78, 5) is 2.45. The predicted molar refractivity (Wildman–Crippen MR) is 66.2 cm³/mol. The highest BCUT2D eigenvalue weighted by molar-refractivity contribution is 5.64. The summed E-state index contributed by atoms with van der Waals surface area (Å²) < 4.78 is 0. The molecule has 1 aromatic rings. The number of hydrogen-bond donors (Lipinski definition) is 1. The smallest absolute Gasteiger partial charge is 0.0416 e. The van der Waals surface area contributed by atoms with Crippen molar-refractivity contribution in [3.63, 3.8) is 0 Å². The molecule has 1 aromatic carbocycles. The normalized spacial score (nSPS) is 15.3. The molecule has 0 heterocycles. The monoisotopic (exact) mass is 204 g/mol. The molecule has 2 rings (SSSR count). The number of hydrogen-bond acceptors (Lipinski definition) is 2. The summed E-state index contributed by atoms with van der Waals surface area (Å²) in [6.45, 7) is 6.59. The van der Waals surface area contributed by atoms with Crippen LogP contribution in [0.5, 0.6) is 0 Å². The van der Waals surface area contributed by atoms with Crippen LogP contribution >= 0.6 is 0 Å². The number of anilines is 2. The minimum atomic E-state index is 0.904. The molecule has 0 spiro atoms. The Hall–Kier alpha value is -1.18. The zero-order valence-corrected chi connectivity index (χ0v) is 9.66. The predicted octanol–water partition coefficient (Wildman–Crippen LogP) is 2.81. The molecular formula is C13H20N2. The molecule has 0 aliphatic heterocycles. The van der Waals surface area contributed by atoms with Crippen molar-refractivity contribution >= 4 is 11.4 Å². The first-order valence-electron chi connectivity index (χ1n) is 5.82. The molecule has 1 fully saturated rings. The van der Waals surface area contributed by atoms with E-state index in [1.54, 1.807) is 0 Å². The Labute approximate surface area is 92.1 Å². The summed E-state index contributed by atoms with van der Waals surface area (Å²) >= 11 is 0. The zero-order valence-electron chi connectivity index (χ0n) is 9.66. The number of rotatable bonds is 4. The number of nitrogens with zero attached hydrogens (tertiary/aromatic N) is 1. The second-order valence-corrected chi connectivity index (χ2v) is 4.47. The van der Waals surface area contributed by atoms with Gasteiger partial charge in [0.1, 0.15) is 0 Å². The van der Waals surface area contributed by atoms with Gasteiger partial charge in [-0.25, -0.2) is 0 Å². The maximum atomic E-state index is 5.93. The third kappa shape index (κ3) is 2.25. The first kappa shape index (κ1) is 10.3. The molecule has 2 N–H and O–H groups in total. The van der Waals surface area contributed by atoms with E-state index in [0.717, 1.165) is 18.2 Å². The Kier molecular flexibility index (Phi) is 2.85. The van der Waals surface area contributed by atoms with E-state index in [4.69, 9.17) is 5.73 Å². The minimum absolute atomic E-state index is 0.904. The van der Waals surface area contributed by atoms with Crippen LogP contribution in [0.15, 0.2) is 18.2 Å². The highest BCUT2D eigenvalue weighted by Crippen LogP contribution is 2.33. The van der Waals surface area contributed by atoms with E-state index in [2.05, 4.69) is 24.8 Å². The molecule has 2 nitrogen and oxygen atoms in total. The van der Waals surface area contributed by atoms with Crippen LogP contribution < -0.4 is 10.6 Å². The Balaban J connectivity index is 2.20. The van der Waals surface area contributed by atoms with E-state index in [9.17, 15) is 0 Å². The van der Waals surface area contributed by atoms with Gasteiger partial charge in [-0.1, -0.05) is 6.07 Å². The average molecular weight is 204 g/mol. The lowest BCUT2D eigenvalue weighted by molar-refractivity contribution is 0.740. The van der Waals surface area contributed by atoms with Gasteiger partial charge in [0.25, 0.3) is 0 Å². The molecule has 1 aliphatic carbocycles. The van der Waals surface area contributed by atoms with Crippen LogP contribution in [0.3, 0.4) is 0 Å². The molecule has 15 heavy (non-hydrogen) atoms. The fourth-order valence-corrected chi connectivity index (χ4v) is 1.99. The van der Waals surface area contributed by atoms with Crippen molar-refractivity contribution in [1.82, 2.24) is 0 Å². The van der Waals surface area contributed by atoms with Crippen molar-refractivity contribution in [3.05, 3.63) is 23.8 Å². The van der Waals surface area contributed by atoms with E-state index in [1.165, 1.54) is 30.6 Å². The van der Waals surface area contributed by atoms with Gasteiger partial charge >= 0.3 is 0 Å². The van der Waals surface area contributed by atoms with Crippen LogP contribution in [-0.2, 0) is 0 Å². The molecule has 0 atom stereocenters. The zero-order chi connectivity index (χ0) is 10.8. The van der Waals surface area contributed by atoms with Crippen LogP contribution in [0.25, 0.3) is 0 Å². The standard InChI is InChI=1S/C13H20N2/c1-3-15(9-11-7-8-11)13-6-4-5-12(14)10(13)2/h4-6,11H,3,7-9,14H2,1-2H3. The molecule has 0 amide bonds. The van der Waals surface area contributed by atoms with Crippen LogP contribution in [0.1, 0.15) is 25.3 Å². The maximum absolute atomic E-state index is 5.93. The van der Waals surface area contributed by atoms with Crippen LogP contribution in [0.4, 0.5) is 11.4 Å². The fourth-order valence-electron chi connectivity index (χ4n) is 1.99. The number of benzene rings is 1. The van der Waals surface area contributed by atoms with E-state index >= 15 is 0 Å². The third-order valence-electron chi connectivity index (χ3n) is 3.25. The van der Waals surface area contributed by atoms with Crippen LogP contribution in [0, 0.1) is 12.8 Å². The van der Waals surface area contributed by atoms with Gasteiger partial charge in [-0.2, -0.15) is 0 Å². The van der Waals surface area contributed by atoms with E-state index in [0.29, 0.717) is 0 Å². The number of nitrogen functional groups attached to an aromatic ring is 1.